The number of benzene rings is 1. The third-order valence-electron chi connectivity index (χ3n) is 4.04. The lowest BCUT2D eigenvalue weighted by molar-refractivity contribution is -0.158. The monoisotopic (exact) mass is 360 g/mol. The molecule has 0 aliphatic rings. The van der Waals surface area contributed by atoms with Crippen molar-refractivity contribution < 1.29 is 19.1 Å². The molecule has 0 spiro atoms. The number of carbonyl (C=O) groups excluding carboxylic acids is 2. The predicted octanol–water partition coefficient (Wildman–Crippen LogP) is 2.92. The topological polar surface area (TPSA) is 79.6 Å². The highest BCUT2D eigenvalue weighted by atomic mass is 16.5. The van der Waals surface area contributed by atoms with E-state index in [-0.39, 0.29) is 12.0 Å². The van der Waals surface area contributed by atoms with Gasteiger partial charge in [0.05, 0.1) is 19.8 Å². The Morgan fingerprint density at radius 3 is 2.35 bits per heavy atom. The van der Waals surface area contributed by atoms with Crippen LogP contribution in [0.3, 0.4) is 0 Å². The number of esters is 1. The Morgan fingerprint density at radius 1 is 1.23 bits per heavy atom. The first-order valence-corrected chi connectivity index (χ1v) is 8.63. The van der Waals surface area contributed by atoms with Crippen LogP contribution in [0.15, 0.2) is 30.3 Å². The standard InChI is InChI=1S/C20H28N2O4/c1-15(26-14-16-9-7-6-8-10-16)18(19(24)25-5)22(17(23)13-21)12-11-20(2,3)4/h6-10,15,18H,11-12,14H2,1-5H3. The Labute approximate surface area is 155 Å². The van der Waals surface area contributed by atoms with Gasteiger partial charge in [-0.1, -0.05) is 51.1 Å². The van der Waals surface area contributed by atoms with E-state index in [9.17, 15) is 9.59 Å². The van der Waals surface area contributed by atoms with Crippen LogP contribution in [-0.4, -0.2) is 42.6 Å². The van der Waals surface area contributed by atoms with E-state index < -0.39 is 24.0 Å². The number of hydrogen-bond donors (Lipinski definition) is 0. The van der Waals surface area contributed by atoms with Gasteiger partial charge < -0.3 is 14.4 Å². The molecule has 0 fully saturated rings. The molecule has 26 heavy (non-hydrogen) atoms. The minimum atomic E-state index is -0.974. The van der Waals surface area contributed by atoms with Crippen molar-refractivity contribution in [2.75, 3.05) is 13.7 Å². The quantitative estimate of drug-likeness (QED) is 0.526. The zero-order valence-electron chi connectivity index (χ0n) is 16.2. The summed E-state index contributed by atoms with van der Waals surface area (Å²) < 4.78 is 10.7. The van der Waals surface area contributed by atoms with Gasteiger partial charge in [-0.25, -0.2) is 4.79 Å². The van der Waals surface area contributed by atoms with Crippen molar-refractivity contribution in [3.8, 4) is 6.07 Å². The first kappa shape index (κ1) is 21.7. The fraction of sp³-hybridized carbons (Fsp3) is 0.550. The molecule has 2 atom stereocenters. The van der Waals surface area contributed by atoms with Crippen molar-refractivity contribution in [2.45, 2.75) is 52.9 Å². The van der Waals surface area contributed by atoms with Gasteiger partial charge in [-0.2, -0.15) is 5.26 Å². The molecule has 6 nitrogen and oxygen atoms in total. The van der Waals surface area contributed by atoms with E-state index in [1.165, 1.54) is 12.0 Å². The van der Waals surface area contributed by atoms with Gasteiger partial charge in [0.25, 0.3) is 0 Å². The molecule has 1 aromatic rings. The average molecular weight is 360 g/mol. The lowest BCUT2D eigenvalue weighted by atomic mass is 9.91. The van der Waals surface area contributed by atoms with Crippen LogP contribution in [0.5, 0.6) is 0 Å². The predicted molar refractivity (Wildman–Crippen MR) is 97.9 cm³/mol. The van der Waals surface area contributed by atoms with Crippen LogP contribution in [0, 0.1) is 16.7 Å². The molecule has 1 aromatic carbocycles. The molecule has 0 bridgehead atoms. The summed E-state index contributed by atoms with van der Waals surface area (Å²) in [6, 6.07) is 10.2. The molecule has 2 unspecified atom stereocenters. The number of rotatable bonds is 8. The Kier molecular flexibility index (Phi) is 8.27. The molecule has 0 aromatic heterocycles. The minimum absolute atomic E-state index is 0.0528. The molecular formula is C20H28N2O4. The van der Waals surface area contributed by atoms with Crippen LogP contribution in [0.1, 0.15) is 39.7 Å². The van der Waals surface area contributed by atoms with E-state index in [2.05, 4.69) is 0 Å². The first-order valence-electron chi connectivity index (χ1n) is 8.63. The van der Waals surface area contributed by atoms with Gasteiger partial charge >= 0.3 is 11.9 Å². The highest BCUT2D eigenvalue weighted by Crippen LogP contribution is 2.21. The molecule has 1 amide bonds. The van der Waals surface area contributed by atoms with Crippen LogP contribution in [-0.2, 0) is 25.7 Å². The Hall–Kier alpha value is -2.39. The summed E-state index contributed by atoms with van der Waals surface area (Å²) in [5.41, 5.74) is 0.902. The number of methoxy groups -OCH3 is 1. The second-order valence-corrected chi connectivity index (χ2v) is 7.39. The summed E-state index contributed by atoms with van der Waals surface area (Å²) >= 11 is 0. The van der Waals surface area contributed by atoms with Crippen LogP contribution in [0.4, 0.5) is 0 Å². The van der Waals surface area contributed by atoms with E-state index in [1.54, 1.807) is 13.0 Å². The van der Waals surface area contributed by atoms with Crippen LogP contribution < -0.4 is 0 Å². The van der Waals surface area contributed by atoms with Crippen LogP contribution >= 0.6 is 0 Å². The summed E-state index contributed by atoms with van der Waals surface area (Å²) in [5, 5.41) is 9.09. The highest BCUT2D eigenvalue weighted by Gasteiger charge is 2.36. The van der Waals surface area contributed by atoms with Crippen molar-refractivity contribution in [2.24, 2.45) is 5.41 Å². The lowest BCUT2D eigenvalue weighted by Crippen LogP contribution is -2.52. The SMILES string of the molecule is COC(=O)C(C(C)OCc1ccccc1)N(CCC(C)(C)C)C(=O)C#N. The van der Waals surface area contributed by atoms with E-state index in [0.717, 1.165) is 5.56 Å². The molecule has 142 valence electrons. The maximum atomic E-state index is 12.3. The fourth-order valence-electron chi connectivity index (χ4n) is 2.47. The van der Waals surface area contributed by atoms with Crippen molar-refractivity contribution in [3.63, 3.8) is 0 Å². The summed E-state index contributed by atoms with van der Waals surface area (Å²) in [4.78, 5) is 25.8. The molecule has 0 radical (unpaired) electrons. The molecule has 0 aliphatic heterocycles. The molecule has 0 saturated carbocycles. The molecule has 0 aliphatic carbocycles. The number of amides is 1. The van der Waals surface area contributed by atoms with Crippen molar-refractivity contribution >= 4 is 11.9 Å². The largest absolute Gasteiger partial charge is 0.467 e. The van der Waals surface area contributed by atoms with E-state index >= 15 is 0 Å². The normalized spacial score (nSPS) is 13.4. The van der Waals surface area contributed by atoms with E-state index in [1.807, 2.05) is 51.1 Å². The second kappa shape index (κ2) is 9.93. The van der Waals surface area contributed by atoms with Gasteiger partial charge in [-0.15, -0.1) is 0 Å². The van der Waals surface area contributed by atoms with Gasteiger partial charge in [0.1, 0.15) is 0 Å². The van der Waals surface area contributed by atoms with Crippen molar-refractivity contribution in [1.29, 1.82) is 5.26 Å². The van der Waals surface area contributed by atoms with Crippen LogP contribution in [0.25, 0.3) is 0 Å². The number of ether oxygens (including phenoxy) is 2. The Bertz CT molecular complexity index is 631. The van der Waals surface area contributed by atoms with Gasteiger partial charge in [-0.05, 0) is 24.3 Å². The van der Waals surface area contributed by atoms with E-state index in [0.29, 0.717) is 13.0 Å². The minimum Gasteiger partial charge on any atom is -0.467 e. The molecule has 0 heterocycles. The fourth-order valence-corrected chi connectivity index (χ4v) is 2.47. The van der Waals surface area contributed by atoms with Gasteiger partial charge in [0.2, 0.25) is 0 Å². The van der Waals surface area contributed by atoms with Crippen molar-refractivity contribution in [3.05, 3.63) is 35.9 Å². The molecule has 0 N–H and O–H groups in total. The van der Waals surface area contributed by atoms with Crippen LogP contribution in [0.2, 0.25) is 0 Å². The smallest absolute Gasteiger partial charge is 0.331 e. The summed E-state index contributed by atoms with van der Waals surface area (Å²) in [7, 11) is 1.26. The third kappa shape index (κ3) is 6.85. The Morgan fingerprint density at radius 2 is 1.85 bits per heavy atom. The zero-order valence-corrected chi connectivity index (χ0v) is 16.2. The maximum absolute atomic E-state index is 12.3. The first-order chi connectivity index (χ1) is 12.2. The van der Waals surface area contributed by atoms with Crippen molar-refractivity contribution in [1.82, 2.24) is 4.90 Å². The Balaban J connectivity index is 2.96. The summed E-state index contributed by atoms with van der Waals surface area (Å²) in [6.07, 6.45) is 0.0131. The zero-order chi connectivity index (χ0) is 19.7. The summed E-state index contributed by atoms with van der Waals surface area (Å²) in [6.45, 7) is 8.37. The molecule has 0 saturated heterocycles. The average Bonchev–Trinajstić information content (AvgIpc) is 2.62. The van der Waals surface area contributed by atoms with Gasteiger partial charge in [0, 0.05) is 6.54 Å². The third-order valence-corrected chi connectivity index (χ3v) is 4.04. The highest BCUT2D eigenvalue weighted by molar-refractivity contribution is 5.94. The van der Waals surface area contributed by atoms with E-state index in [4.69, 9.17) is 14.7 Å². The lowest BCUT2D eigenvalue weighted by Gasteiger charge is -2.33. The number of carbonyl (C=O) groups is 2. The number of hydrogen-bond acceptors (Lipinski definition) is 5. The molecule has 1 rings (SSSR count). The second-order valence-electron chi connectivity index (χ2n) is 7.39. The summed E-state index contributed by atoms with van der Waals surface area (Å²) in [5.74, 6) is -1.36. The van der Waals surface area contributed by atoms with Gasteiger partial charge in [0.15, 0.2) is 12.1 Å². The maximum Gasteiger partial charge on any atom is 0.331 e. The van der Waals surface area contributed by atoms with Gasteiger partial charge in [-0.3, -0.25) is 4.79 Å². The molecular weight excluding hydrogens is 332 g/mol. The number of nitriles is 1. The number of nitrogens with zero attached hydrogens (tertiary/aromatic N) is 2. The molecule has 6 heteroatoms.